The Morgan fingerprint density at radius 2 is 0.319 bits per heavy atom. The maximum Gasteiger partial charge on any atom is 0.0701 e. The van der Waals surface area contributed by atoms with E-state index >= 15 is 0 Å². The Morgan fingerprint density at radius 3 is 0.511 bits per heavy atom. The van der Waals surface area contributed by atoms with Gasteiger partial charge in [-0.3, -0.25) is 0 Å². The van der Waals surface area contributed by atoms with Crippen molar-refractivity contribution in [2.24, 2.45) is 0 Å². The summed E-state index contributed by atoms with van der Waals surface area (Å²) in [6.45, 7) is 16.4. The molecule has 284 valence electrons. The summed E-state index contributed by atoms with van der Waals surface area (Å²) in [5.41, 5.74) is 0. The summed E-state index contributed by atoms with van der Waals surface area (Å²) in [5, 5.41) is 0. The van der Waals surface area contributed by atoms with Crippen molar-refractivity contribution in [3.8, 4) is 0 Å². The molecule has 10 nitrogen and oxygen atoms in total. The summed E-state index contributed by atoms with van der Waals surface area (Å²) in [7, 11) is 0. The molecule has 0 atom stereocenters. The molecule has 0 heterocycles. The van der Waals surface area contributed by atoms with E-state index < -0.39 is 0 Å². The van der Waals surface area contributed by atoms with Crippen molar-refractivity contribution in [3.63, 3.8) is 0 Å². The van der Waals surface area contributed by atoms with Crippen LogP contribution in [0.4, 0.5) is 0 Å². The van der Waals surface area contributed by atoms with Gasteiger partial charge >= 0.3 is 0 Å². The van der Waals surface area contributed by atoms with E-state index in [2.05, 4.69) is 13.8 Å². The van der Waals surface area contributed by atoms with Crippen LogP contribution in [-0.2, 0) is 47.4 Å². The van der Waals surface area contributed by atoms with Gasteiger partial charge in [0, 0.05) is 13.2 Å². The number of ether oxygens (including phenoxy) is 10. The van der Waals surface area contributed by atoms with Crippen molar-refractivity contribution >= 4 is 0 Å². The van der Waals surface area contributed by atoms with E-state index in [4.69, 9.17) is 47.4 Å². The van der Waals surface area contributed by atoms with Crippen LogP contribution in [0.1, 0.15) is 110 Å². The second-order valence-electron chi connectivity index (χ2n) is 11.7. The lowest BCUT2D eigenvalue weighted by Gasteiger charge is -2.09. The smallest absolute Gasteiger partial charge is 0.0701 e. The molecule has 0 aromatic heterocycles. The van der Waals surface area contributed by atoms with Crippen LogP contribution in [0.25, 0.3) is 0 Å². The quantitative estimate of drug-likeness (QED) is 0.0624. The minimum absolute atomic E-state index is 0.535. The molecule has 0 bridgehead atoms. The van der Waals surface area contributed by atoms with Crippen LogP contribution in [0, 0.1) is 0 Å². The van der Waals surface area contributed by atoms with Crippen LogP contribution in [-0.4, -0.2) is 132 Å². The molecule has 0 aromatic rings. The average Bonchev–Trinajstić information content (AvgIpc) is 3.08. The van der Waals surface area contributed by atoms with Crippen LogP contribution in [0.15, 0.2) is 0 Å². The van der Waals surface area contributed by atoms with E-state index in [-0.39, 0.29) is 0 Å². The van der Waals surface area contributed by atoms with Crippen LogP contribution < -0.4 is 0 Å². The Morgan fingerprint density at radius 1 is 0.170 bits per heavy atom. The van der Waals surface area contributed by atoms with E-state index in [1.165, 1.54) is 83.5 Å². The van der Waals surface area contributed by atoms with Crippen molar-refractivity contribution < 1.29 is 47.4 Å². The van der Waals surface area contributed by atoms with Gasteiger partial charge in [-0.1, -0.05) is 97.3 Å². The minimum atomic E-state index is 0.535. The highest BCUT2D eigenvalue weighted by atomic mass is 16.6. The van der Waals surface area contributed by atoms with Crippen LogP contribution in [0.5, 0.6) is 0 Å². The molecule has 0 aliphatic heterocycles. The van der Waals surface area contributed by atoms with Gasteiger partial charge in [-0.2, -0.15) is 0 Å². The lowest BCUT2D eigenvalue weighted by molar-refractivity contribution is -0.0264. The van der Waals surface area contributed by atoms with Gasteiger partial charge in [0.25, 0.3) is 0 Å². The van der Waals surface area contributed by atoms with Gasteiger partial charge in [-0.05, 0) is 12.8 Å². The number of unbranched alkanes of at least 4 members (excludes halogenated alkanes) is 13. The Labute approximate surface area is 289 Å². The molecule has 10 heteroatoms. The summed E-state index contributed by atoms with van der Waals surface area (Å²) < 4.78 is 55.3. The van der Waals surface area contributed by atoms with Crippen LogP contribution in [0.3, 0.4) is 0 Å². The lowest BCUT2D eigenvalue weighted by atomic mass is 10.1. The molecule has 0 N–H and O–H groups in total. The fraction of sp³-hybridized carbons (Fsp3) is 1.00. The van der Waals surface area contributed by atoms with Crippen LogP contribution >= 0.6 is 0 Å². The normalized spacial score (nSPS) is 11.6. The summed E-state index contributed by atoms with van der Waals surface area (Å²) in [4.78, 5) is 0. The predicted molar refractivity (Wildman–Crippen MR) is 189 cm³/mol. The van der Waals surface area contributed by atoms with E-state index in [0.29, 0.717) is 119 Å². The first-order valence-corrected chi connectivity index (χ1v) is 19.2. The zero-order chi connectivity index (χ0) is 33.8. The van der Waals surface area contributed by atoms with E-state index in [0.717, 1.165) is 26.1 Å². The minimum Gasteiger partial charge on any atom is -0.379 e. The Bertz CT molecular complexity index is 485. The predicted octanol–water partition coefficient (Wildman–Crippen LogP) is 7.04. The van der Waals surface area contributed by atoms with Gasteiger partial charge in [0.1, 0.15) is 0 Å². The first-order chi connectivity index (χ1) is 23.4. The van der Waals surface area contributed by atoms with Gasteiger partial charge in [0.15, 0.2) is 0 Å². The molecular formula is C37H76O10. The Hall–Kier alpha value is -0.400. The zero-order valence-electron chi connectivity index (χ0n) is 30.8. The second kappa shape index (κ2) is 45.6. The summed E-state index contributed by atoms with van der Waals surface area (Å²) >= 11 is 0. The molecule has 0 spiro atoms. The second-order valence-corrected chi connectivity index (χ2v) is 11.7. The molecule has 0 saturated carbocycles. The average molecular weight is 681 g/mol. The third-order valence-electron chi connectivity index (χ3n) is 7.38. The molecular weight excluding hydrogens is 604 g/mol. The summed E-state index contributed by atoms with van der Waals surface area (Å²) in [5.74, 6) is 0. The fourth-order valence-corrected chi connectivity index (χ4v) is 4.58. The number of hydrogen-bond donors (Lipinski definition) is 0. The number of rotatable bonds is 44. The topological polar surface area (TPSA) is 92.3 Å². The largest absolute Gasteiger partial charge is 0.379 e. The van der Waals surface area contributed by atoms with Crippen molar-refractivity contribution in [2.75, 3.05) is 132 Å². The molecule has 0 radical (unpaired) electrons. The first kappa shape index (κ1) is 46.6. The highest BCUT2D eigenvalue weighted by Crippen LogP contribution is 2.10. The molecule has 0 aliphatic carbocycles. The molecule has 0 saturated heterocycles. The molecule has 0 aliphatic rings. The summed E-state index contributed by atoms with van der Waals surface area (Å²) in [6, 6.07) is 0. The zero-order valence-corrected chi connectivity index (χ0v) is 30.8. The van der Waals surface area contributed by atoms with Gasteiger partial charge in [0.05, 0.1) is 119 Å². The fourth-order valence-electron chi connectivity index (χ4n) is 4.58. The monoisotopic (exact) mass is 681 g/mol. The van der Waals surface area contributed by atoms with E-state index in [1.807, 2.05) is 0 Å². The standard InChI is InChI=1S/C37H76O10/c1-3-5-7-9-10-11-12-13-15-17-19-39-21-23-41-25-27-43-29-31-45-33-35-47-37-36-46-34-32-44-30-28-42-26-24-40-22-20-38-18-16-14-8-6-4-2/h3-37H2,1-2H3. The maximum absolute atomic E-state index is 5.65. The highest BCUT2D eigenvalue weighted by molar-refractivity contribution is 4.48. The van der Waals surface area contributed by atoms with Crippen molar-refractivity contribution in [2.45, 2.75) is 110 Å². The molecule has 0 fully saturated rings. The van der Waals surface area contributed by atoms with Crippen LogP contribution in [0.2, 0.25) is 0 Å². The number of hydrogen-bond acceptors (Lipinski definition) is 10. The third-order valence-corrected chi connectivity index (χ3v) is 7.38. The lowest BCUT2D eigenvalue weighted by Crippen LogP contribution is -2.15. The molecule has 47 heavy (non-hydrogen) atoms. The third kappa shape index (κ3) is 45.6. The molecule has 0 rings (SSSR count). The Balaban J connectivity index is 3.03. The molecule has 0 aromatic carbocycles. The maximum atomic E-state index is 5.65. The van der Waals surface area contributed by atoms with E-state index in [1.54, 1.807) is 0 Å². The van der Waals surface area contributed by atoms with E-state index in [9.17, 15) is 0 Å². The Kier molecular flexibility index (Phi) is 45.2. The van der Waals surface area contributed by atoms with Gasteiger partial charge in [0.2, 0.25) is 0 Å². The van der Waals surface area contributed by atoms with Crippen molar-refractivity contribution in [1.29, 1.82) is 0 Å². The SMILES string of the molecule is CCCCCCCCCCCCOCCOCCOCCOCCOCCOCCOCCOCCOCCOCCCCCCC. The van der Waals surface area contributed by atoms with Crippen molar-refractivity contribution in [1.82, 2.24) is 0 Å². The molecule has 0 unspecified atom stereocenters. The first-order valence-electron chi connectivity index (χ1n) is 19.2. The van der Waals surface area contributed by atoms with Gasteiger partial charge in [-0.15, -0.1) is 0 Å². The van der Waals surface area contributed by atoms with Gasteiger partial charge in [-0.25, -0.2) is 0 Å². The van der Waals surface area contributed by atoms with Crippen molar-refractivity contribution in [3.05, 3.63) is 0 Å². The molecule has 0 amide bonds. The summed E-state index contributed by atoms with van der Waals surface area (Å²) in [6.07, 6.45) is 19.8. The van der Waals surface area contributed by atoms with Gasteiger partial charge < -0.3 is 47.4 Å². The highest BCUT2D eigenvalue weighted by Gasteiger charge is 1.97.